The number of H-pyrrole nitrogens is 1. The van der Waals surface area contributed by atoms with Crippen molar-refractivity contribution in [1.82, 2.24) is 9.97 Å². The van der Waals surface area contributed by atoms with E-state index in [0.717, 1.165) is 0 Å². The molecule has 0 aliphatic rings. The molecule has 0 unspecified atom stereocenters. The number of aromatic nitrogens is 2. The molecule has 0 aliphatic heterocycles. The summed E-state index contributed by atoms with van der Waals surface area (Å²) in [5.41, 5.74) is 0.807. The first kappa shape index (κ1) is 10.0. The number of hydrogen-bond acceptors (Lipinski definition) is 1. The quantitative estimate of drug-likeness (QED) is 0.842. The van der Waals surface area contributed by atoms with Gasteiger partial charge >= 0.3 is 0 Å². The number of alkyl halides is 2. The second-order valence-electron chi connectivity index (χ2n) is 2.69. The van der Waals surface area contributed by atoms with Crippen molar-refractivity contribution in [2.75, 3.05) is 0 Å². The Kier molecular flexibility index (Phi) is 2.57. The molecular formula is C8H4Br2F2N2. The van der Waals surface area contributed by atoms with Gasteiger partial charge < -0.3 is 4.98 Å². The summed E-state index contributed by atoms with van der Waals surface area (Å²) in [6.07, 6.45) is -2.54. The molecule has 2 rings (SSSR count). The smallest absolute Gasteiger partial charge is 0.267 e. The zero-order valence-electron chi connectivity index (χ0n) is 6.69. The Balaban J connectivity index is 2.82. The zero-order chi connectivity index (χ0) is 10.3. The third-order valence-electron chi connectivity index (χ3n) is 1.83. The topological polar surface area (TPSA) is 28.7 Å². The van der Waals surface area contributed by atoms with Crippen molar-refractivity contribution < 1.29 is 8.78 Å². The molecule has 0 saturated carbocycles. The third-order valence-corrected chi connectivity index (χ3v) is 2.90. The molecule has 0 bridgehead atoms. The molecule has 1 aromatic heterocycles. The summed E-state index contributed by atoms with van der Waals surface area (Å²) >= 11 is 6.18. The van der Waals surface area contributed by atoms with Crippen LogP contribution in [0.3, 0.4) is 0 Å². The van der Waals surface area contributed by atoms with Crippen LogP contribution in [-0.2, 0) is 0 Å². The van der Waals surface area contributed by atoms with Gasteiger partial charge in [-0.15, -0.1) is 0 Å². The van der Waals surface area contributed by atoms with Crippen LogP contribution in [0.2, 0.25) is 0 Å². The largest absolute Gasteiger partial charge is 0.332 e. The second-order valence-corrected chi connectivity index (χ2v) is 4.29. The number of halogens is 4. The molecule has 0 saturated heterocycles. The minimum atomic E-state index is -2.54. The van der Waals surface area contributed by atoms with Gasteiger partial charge in [0.15, 0.2) is 4.73 Å². The molecule has 2 aromatic rings. The van der Waals surface area contributed by atoms with Gasteiger partial charge in [0.1, 0.15) is 0 Å². The van der Waals surface area contributed by atoms with Crippen molar-refractivity contribution in [2.24, 2.45) is 0 Å². The van der Waals surface area contributed by atoms with Gasteiger partial charge in [0, 0.05) is 4.47 Å². The van der Waals surface area contributed by atoms with Crippen molar-refractivity contribution in [3.63, 3.8) is 0 Å². The van der Waals surface area contributed by atoms with Gasteiger partial charge in [0.2, 0.25) is 0 Å². The first-order chi connectivity index (χ1) is 6.59. The Labute approximate surface area is 95.0 Å². The molecule has 0 radical (unpaired) electrons. The van der Waals surface area contributed by atoms with Crippen molar-refractivity contribution >= 4 is 42.9 Å². The lowest BCUT2D eigenvalue weighted by Crippen LogP contribution is -1.88. The molecule has 2 nitrogen and oxygen atoms in total. The highest BCUT2D eigenvalue weighted by atomic mass is 79.9. The molecule has 0 fully saturated rings. The molecule has 1 heterocycles. The molecule has 74 valence electrons. The Morgan fingerprint density at radius 2 is 2.00 bits per heavy atom. The lowest BCUT2D eigenvalue weighted by atomic mass is 10.2. The number of nitrogens with zero attached hydrogens (tertiary/aromatic N) is 1. The van der Waals surface area contributed by atoms with Crippen molar-refractivity contribution in [3.05, 3.63) is 26.9 Å². The Morgan fingerprint density at radius 1 is 1.29 bits per heavy atom. The standard InChI is InChI=1S/C8H4Br2F2N2/c9-3-1-2-4-6(5(3)7(11)12)14-8(10)13-4/h1-2,7H,(H,13,14). The highest BCUT2D eigenvalue weighted by Gasteiger charge is 2.17. The minimum absolute atomic E-state index is 0.0792. The third kappa shape index (κ3) is 1.56. The first-order valence-corrected chi connectivity index (χ1v) is 5.30. The van der Waals surface area contributed by atoms with E-state index in [1.807, 2.05) is 0 Å². The van der Waals surface area contributed by atoms with Crippen LogP contribution >= 0.6 is 31.9 Å². The van der Waals surface area contributed by atoms with Crippen LogP contribution < -0.4 is 0 Å². The van der Waals surface area contributed by atoms with Gasteiger partial charge in [-0.2, -0.15) is 0 Å². The van der Waals surface area contributed by atoms with Gasteiger partial charge in [-0.1, -0.05) is 15.9 Å². The molecule has 0 atom stereocenters. The maximum absolute atomic E-state index is 12.7. The Morgan fingerprint density at radius 3 is 2.64 bits per heavy atom. The normalized spacial score (nSPS) is 11.5. The lowest BCUT2D eigenvalue weighted by molar-refractivity contribution is 0.152. The minimum Gasteiger partial charge on any atom is -0.332 e. The van der Waals surface area contributed by atoms with Crippen LogP contribution in [-0.4, -0.2) is 9.97 Å². The maximum atomic E-state index is 12.7. The highest BCUT2D eigenvalue weighted by Crippen LogP contribution is 2.33. The average molecular weight is 326 g/mol. The first-order valence-electron chi connectivity index (χ1n) is 3.71. The number of benzene rings is 1. The van der Waals surface area contributed by atoms with Crippen LogP contribution in [0.4, 0.5) is 8.78 Å². The van der Waals surface area contributed by atoms with Gasteiger partial charge in [-0.25, -0.2) is 13.8 Å². The second kappa shape index (κ2) is 3.58. The van der Waals surface area contributed by atoms with Crippen LogP contribution in [0.15, 0.2) is 21.3 Å². The molecule has 0 spiro atoms. The zero-order valence-corrected chi connectivity index (χ0v) is 9.86. The maximum Gasteiger partial charge on any atom is 0.267 e. The number of hydrogen-bond donors (Lipinski definition) is 1. The molecular weight excluding hydrogens is 322 g/mol. The van der Waals surface area contributed by atoms with E-state index in [-0.39, 0.29) is 5.56 Å². The van der Waals surface area contributed by atoms with E-state index in [2.05, 4.69) is 41.8 Å². The molecule has 0 amide bonds. The van der Waals surface area contributed by atoms with Gasteiger partial charge in [0.25, 0.3) is 6.43 Å². The molecule has 0 aliphatic carbocycles. The summed E-state index contributed by atoms with van der Waals surface area (Å²) in [6, 6.07) is 3.28. The van der Waals surface area contributed by atoms with Crippen LogP contribution in [0, 0.1) is 0 Å². The fourth-order valence-electron chi connectivity index (χ4n) is 1.25. The number of rotatable bonds is 1. The van der Waals surface area contributed by atoms with E-state index in [9.17, 15) is 8.78 Å². The summed E-state index contributed by atoms with van der Waals surface area (Å²) in [4.78, 5) is 6.78. The summed E-state index contributed by atoms with van der Waals surface area (Å²) < 4.78 is 26.2. The molecule has 1 aromatic carbocycles. The SMILES string of the molecule is FC(F)c1c(Br)ccc2[nH]c(Br)nc12. The summed E-state index contributed by atoms with van der Waals surface area (Å²) in [5.74, 6) is 0. The predicted molar refractivity (Wildman–Crippen MR) is 56.5 cm³/mol. The monoisotopic (exact) mass is 324 g/mol. The van der Waals surface area contributed by atoms with E-state index in [1.54, 1.807) is 12.1 Å². The highest BCUT2D eigenvalue weighted by molar-refractivity contribution is 9.10. The van der Waals surface area contributed by atoms with Gasteiger partial charge in [-0.3, -0.25) is 0 Å². The van der Waals surface area contributed by atoms with Crippen LogP contribution in [0.1, 0.15) is 12.0 Å². The fraction of sp³-hybridized carbons (Fsp3) is 0.125. The van der Waals surface area contributed by atoms with Crippen LogP contribution in [0.5, 0.6) is 0 Å². The summed E-state index contributed by atoms with van der Waals surface area (Å²) in [5, 5.41) is 0. The molecule has 1 N–H and O–H groups in total. The van der Waals surface area contributed by atoms with Crippen LogP contribution in [0.25, 0.3) is 11.0 Å². The van der Waals surface area contributed by atoms with E-state index in [1.165, 1.54) is 0 Å². The van der Waals surface area contributed by atoms with E-state index < -0.39 is 6.43 Å². The van der Waals surface area contributed by atoms with Gasteiger partial charge in [0.05, 0.1) is 16.6 Å². The van der Waals surface area contributed by atoms with Crippen molar-refractivity contribution in [3.8, 4) is 0 Å². The predicted octanol–water partition coefficient (Wildman–Crippen LogP) is 4.03. The lowest BCUT2D eigenvalue weighted by Gasteiger charge is -2.02. The van der Waals surface area contributed by atoms with Crippen molar-refractivity contribution in [1.29, 1.82) is 0 Å². The number of aromatic amines is 1. The van der Waals surface area contributed by atoms with Crippen molar-refractivity contribution in [2.45, 2.75) is 6.43 Å². The molecule has 14 heavy (non-hydrogen) atoms. The number of nitrogens with one attached hydrogen (secondary N) is 1. The number of fused-ring (bicyclic) bond motifs is 1. The average Bonchev–Trinajstić information content (AvgIpc) is 2.43. The Hall–Kier alpha value is -0.490. The van der Waals surface area contributed by atoms with Gasteiger partial charge in [-0.05, 0) is 28.1 Å². The fourth-order valence-corrected chi connectivity index (χ4v) is 2.13. The molecule has 6 heteroatoms. The summed E-state index contributed by atoms with van der Waals surface area (Å²) in [6.45, 7) is 0. The van der Waals surface area contributed by atoms with E-state index in [4.69, 9.17) is 0 Å². The number of imidazole rings is 1. The van der Waals surface area contributed by atoms with E-state index >= 15 is 0 Å². The summed E-state index contributed by atoms with van der Waals surface area (Å²) in [7, 11) is 0. The Bertz CT molecular complexity index is 481. The van der Waals surface area contributed by atoms with E-state index in [0.29, 0.717) is 20.2 Å².